The number of hydrogen-bond donors (Lipinski definition) is 1. The maximum Gasteiger partial charge on any atom is 0.252 e. The van der Waals surface area contributed by atoms with Crippen molar-refractivity contribution < 1.29 is 4.79 Å². The summed E-state index contributed by atoms with van der Waals surface area (Å²) in [5.74, 6) is -0.0110. The molecule has 11 heavy (non-hydrogen) atoms. The Morgan fingerprint density at radius 2 is 2.45 bits per heavy atom. The van der Waals surface area contributed by atoms with Crippen LogP contribution in [0, 0.1) is 0 Å². The lowest BCUT2D eigenvalue weighted by atomic mass is 10.2. The Balaban J connectivity index is 2.60. The second kappa shape index (κ2) is 2.30. The van der Waals surface area contributed by atoms with E-state index < -0.39 is 0 Å². The maximum atomic E-state index is 11.1. The number of fused-ring (bicyclic) bond motifs is 1. The Hall–Kier alpha value is -0.900. The fraction of sp³-hybridized carbons (Fsp3) is 0.143. The topological polar surface area (TPSA) is 42.0 Å². The van der Waals surface area contributed by atoms with Gasteiger partial charge in [-0.25, -0.2) is 4.98 Å². The van der Waals surface area contributed by atoms with E-state index in [9.17, 15) is 4.79 Å². The number of halogens is 1. The molecule has 0 saturated heterocycles. The van der Waals surface area contributed by atoms with E-state index in [0.717, 1.165) is 11.1 Å². The van der Waals surface area contributed by atoms with Crippen molar-refractivity contribution in [2.24, 2.45) is 0 Å². The summed E-state index contributed by atoms with van der Waals surface area (Å²) in [5, 5.41) is 2.71. The summed E-state index contributed by atoms with van der Waals surface area (Å²) in [6.07, 6.45) is 1.71. The van der Waals surface area contributed by atoms with Crippen LogP contribution in [0.2, 0.25) is 0 Å². The number of pyridine rings is 1. The van der Waals surface area contributed by atoms with E-state index in [1.54, 1.807) is 12.3 Å². The number of carbonyl (C=O) groups is 1. The molecule has 1 aromatic heterocycles. The van der Waals surface area contributed by atoms with E-state index in [2.05, 4.69) is 26.2 Å². The van der Waals surface area contributed by atoms with Crippen molar-refractivity contribution in [1.29, 1.82) is 0 Å². The van der Waals surface area contributed by atoms with Crippen LogP contribution < -0.4 is 5.32 Å². The molecule has 0 saturated carbocycles. The maximum absolute atomic E-state index is 11.1. The predicted octanol–water partition coefficient (Wildman–Crippen LogP) is 1.09. The van der Waals surface area contributed by atoms with Crippen LogP contribution in [0.15, 0.2) is 16.9 Å². The lowest BCUT2D eigenvalue weighted by Crippen LogP contribution is -2.12. The van der Waals surface area contributed by atoms with Gasteiger partial charge in [0, 0.05) is 23.9 Å². The Bertz CT molecular complexity index is 324. The van der Waals surface area contributed by atoms with Crippen LogP contribution in [0.3, 0.4) is 0 Å². The largest absolute Gasteiger partial charge is 0.348 e. The highest BCUT2D eigenvalue weighted by atomic mass is 79.9. The molecule has 0 radical (unpaired) electrons. The Morgan fingerprint density at radius 3 is 3.27 bits per heavy atom. The van der Waals surface area contributed by atoms with Crippen LogP contribution in [0.25, 0.3) is 0 Å². The van der Waals surface area contributed by atoms with Gasteiger partial charge in [0.05, 0.1) is 0 Å². The Morgan fingerprint density at radius 1 is 1.64 bits per heavy atom. The molecular weight excluding hydrogens is 208 g/mol. The Kier molecular flexibility index (Phi) is 1.42. The number of nitrogens with zero attached hydrogens (tertiary/aromatic N) is 1. The third-order valence-corrected chi connectivity index (χ3v) is 2.07. The molecule has 3 nitrogen and oxygen atoms in total. The van der Waals surface area contributed by atoms with Crippen LogP contribution in [-0.4, -0.2) is 10.9 Å². The standard InChI is InChI=1S/C7H5BrN2O/c8-6-1-5-4(2-9-6)3-10-7(5)11/h1-2H,3H2,(H,10,11). The first-order chi connectivity index (χ1) is 5.27. The minimum atomic E-state index is -0.0110. The van der Waals surface area contributed by atoms with Crippen LogP contribution in [0.4, 0.5) is 0 Å². The summed E-state index contributed by atoms with van der Waals surface area (Å²) in [6, 6.07) is 1.73. The van der Waals surface area contributed by atoms with Crippen LogP contribution in [0.1, 0.15) is 15.9 Å². The average molecular weight is 213 g/mol. The molecule has 56 valence electrons. The summed E-state index contributed by atoms with van der Waals surface area (Å²) >= 11 is 3.20. The van der Waals surface area contributed by atoms with Gasteiger partial charge in [-0.2, -0.15) is 0 Å². The summed E-state index contributed by atoms with van der Waals surface area (Å²) in [5.41, 5.74) is 1.70. The molecule has 1 N–H and O–H groups in total. The molecule has 0 atom stereocenters. The second-order valence-corrected chi connectivity index (χ2v) is 3.16. The van der Waals surface area contributed by atoms with Gasteiger partial charge in [-0.15, -0.1) is 0 Å². The molecule has 4 heteroatoms. The van der Waals surface area contributed by atoms with E-state index in [1.807, 2.05) is 0 Å². The summed E-state index contributed by atoms with van der Waals surface area (Å²) in [7, 11) is 0. The molecule has 0 spiro atoms. The van der Waals surface area contributed by atoms with Gasteiger partial charge in [0.2, 0.25) is 0 Å². The Labute approximate surface area is 72.0 Å². The fourth-order valence-corrected chi connectivity index (χ4v) is 1.41. The minimum absolute atomic E-state index is 0.0110. The fourth-order valence-electron chi connectivity index (χ4n) is 1.08. The van der Waals surface area contributed by atoms with Crippen molar-refractivity contribution in [3.63, 3.8) is 0 Å². The first-order valence-corrected chi connectivity index (χ1v) is 3.99. The van der Waals surface area contributed by atoms with E-state index in [1.165, 1.54) is 0 Å². The van der Waals surface area contributed by atoms with Gasteiger partial charge < -0.3 is 5.32 Å². The van der Waals surface area contributed by atoms with Gasteiger partial charge in [-0.1, -0.05) is 0 Å². The molecule has 1 amide bonds. The zero-order valence-electron chi connectivity index (χ0n) is 5.60. The van der Waals surface area contributed by atoms with Crippen molar-refractivity contribution in [1.82, 2.24) is 10.3 Å². The van der Waals surface area contributed by atoms with Gasteiger partial charge in [0.25, 0.3) is 5.91 Å². The lowest BCUT2D eigenvalue weighted by molar-refractivity contribution is 0.0965. The molecule has 0 unspecified atom stereocenters. The smallest absolute Gasteiger partial charge is 0.252 e. The van der Waals surface area contributed by atoms with E-state index in [4.69, 9.17) is 0 Å². The van der Waals surface area contributed by atoms with Crippen molar-refractivity contribution in [3.05, 3.63) is 28.0 Å². The predicted molar refractivity (Wildman–Crippen MR) is 43.1 cm³/mol. The van der Waals surface area contributed by atoms with Crippen molar-refractivity contribution in [2.75, 3.05) is 0 Å². The van der Waals surface area contributed by atoms with Gasteiger partial charge >= 0.3 is 0 Å². The lowest BCUT2D eigenvalue weighted by Gasteiger charge is -1.93. The highest BCUT2D eigenvalue weighted by Crippen LogP contribution is 2.17. The van der Waals surface area contributed by atoms with Crippen LogP contribution >= 0.6 is 15.9 Å². The summed E-state index contributed by atoms with van der Waals surface area (Å²) in [4.78, 5) is 15.1. The molecule has 0 bridgehead atoms. The SMILES string of the molecule is O=C1NCc2cnc(Br)cc21. The third-order valence-electron chi connectivity index (χ3n) is 1.64. The molecule has 2 heterocycles. The molecule has 2 rings (SSSR count). The van der Waals surface area contributed by atoms with E-state index >= 15 is 0 Å². The monoisotopic (exact) mass is 212 g/mol. The minimum Gasteiger partial charge on any atom is -0.348 e. The highest BCUT2D eigenvalue weighted by Gasteiger charge is 2.18. The third kappa shape index (κ3) is 1.03. The van der Waals surface area contributed by atoms with Gasteiger partial charge in [-0.05, 0) is 22.0 Å². The van der Waals surface area contributed by atoms with Crippen molar-refractivity contribution in [3.8, 4) is 0 Å². The summed E-state index contributed by atoms with van der Waals surface area (Å²) < 4.78 is 0.702. The first kappa shape index (κ1) is 6.79. The van der Waals surface area contributed by atoms with Crippen LogP contribution in [-0.2, 0) is 6.54 Å². The van der Waals surface area contributed by atoms with Gasteiger partial charge in [-0.3, -0.25) is 4.79 Å². The molecular formula is C7H5BrN2O. The average Bonchev–Trinajstić information content (AvgIpc) is 2.33. The number of carbonyl (C=O) groups excluding carboxylic acids is 1. The second-order valence-electron chi connectivity index (χ2n) is 2.35. The zero-order chi connectivity index (χ0) is 7.84. The number of nitrogens with one attached hydrogen (secondary N) is 1. The number of amides is 1. The number of aromatic nitrogens is 1. The normalized spacial score (nSPS) is 14.5. The molecule has 1 aromatic rings. The molecule has 0 fully saturated rings. The molecule has 1 aliphatic rings. The quantitative estimate of drug-likeness (QED) is 0.655. The van der Waals surface area contributed by atoms with Crippen molar-refractivity contribution in [2.45, 2.75) is 6.54 Å². The molecule has 0 aliphatic carbocycles. The highest BCUT2D eigenvalue weighted by molar-refractivity contribution is 9.10. The van der Waals surface area contributed by atoms with Gasteiger partial charge in [0.1, 0.15) is 4.60 Å². The van der Waals surface area contributed by atoms with Gasteiger partial charge in [0.15, 0.2) is 0 Å². The van der Waals surface area contributed by atoms with Crippen LogP contribution in [0.5, 0.6) is 0 Å². The van der Waals surface area contributed by atoms with E-state index in [-0.39, 0.29) is 5.91 Å². The number of rotatable bonds is 0. The summed E-state index contributed by atoms with van der Waals surface area (Å²) in [6.45, 7) is 0.606. The van der Waals surface area contributed by atoms with E-state index in [0.29, 0.717) is 11.1 Å². The molecule has 1 aliphatic heterocycles. The van der Waals surface area contributed by atoms with Crippen molar-refractivity contribution >= 4 is 21.8 Å². The number of hydrogen-bond acceptors (Lipinski definition) is 2. The molecule has 0 aromatic carbocycles. The zero-order valence-corrected chi connectivity index (χ0v) is 7.18. The first-order valence-electron chi connectivity index (χ1n) is 3.20.